The number of fused-ring (bicyclic) bond motifs is 2. The Labute approximate surface area is 155 Å². The minimum absolute atomic E-state index is 0.0616. The summed E-state index contributed by atoms with van der Waals surface area (Å²) >= 11 is 0. The molecule has 158 valence electrons. The van der Waals surface area contributed by atoms with Gasteiger partial charge in [-0.3, -0.25) is 0 Å². The van der Waals surface area contributed by atoms with Crippen LogP contribution < -0.4 is 0 Å². The Hall–Kier alpha value is -1.61. The van der Waals surface area contributed by atoms with E-state index in [2.05, 4.69) is 0 Å². The molecule has 0 amide bonds. The van der Waals surface area contributed by atoms with E-state index in [1.807, 2.05) is 12.2 Å². The molecule has 0 aromatic rings. The lowest BCUT2D eigenvalue weighted by atomic mass is 9.79. The maximum Gasteiger partial charge on any atom is 0.378 e. The quantitative estimate of drug-likeness (QED) is 0.328. The highest BCUT2D eigenvalue weighted by Gasteiger charge is 2.76. The second-order valence-electron chi connectivity index (χ2n) is 7.51. The molecular weight excluding hydrogens is 400 g/mol. The highest BCUT2D eigenvalue weighted by molar-refractivity contribution is 5.90. The third-order valence-corrected chi connectivity index (χ3v) is 5.72. The maximum atomic E-state index is 14.0. The molecule has 0 heterocycles. The molecule has 2 unspecified atom stereocenters. The number of ether oxygens (including phenoxy) is 1. The molecule has 0 aromatic carbocycles. The predicted octanol–water partition coefficient (Wildman–Crippen LogP) is 5.39. The molecule has 2 nitrogen and oxygen atoms in total. The van der Waals surface area contributed by atoms with Crippen LogP contribution in [-0.4, -0.2) is 36.3 Å². The average molecular weight is 418 g/mol. The van der Waals surface area contributed by atoms with Gasteiger partial charge in [0.25, 0.3) is 0 Å². The summed E-state index contributed by atoms with van der Waals surface area (Å²) in [5.41, 5.74) is 0.461. The smallest absolute Gasteiger partial charge is 0.378 e. The maximum absolute atomic E-state index is 14.0. The molecule has 0 aromatic heterocycles. The van der Waals surface area contributed by atoms with Gasteiger partial charge in [0.15, 0.2) is 0 Å². The molecular formula is C18H18F8O2. The molecule has 3 rings (SSSR count). The Balaban J connectivity index is 1.58. The highest BCUT2D eigenvalue weighted by Crippen LogP contribution is 2.54. The van der Waals surface area contributed by atoms with Crippen LogP contribution in [0.5, 0.6) is 0 Å². The van der Waals surface area contributed by atoms with Gasteiger partial charge in [0, 0.05) is 17.4 Å². The van der Waals surface area contributed by atoms with Crippen molar-refractivity contribution in [1.29, 1.82) is 0 Å². The van der Waals surface area contributed by atoms with Crippen LogP contribution in [0.4, 0.5) is 35.1 Å². The number of hydrogen-bond donors (Lipinski definition) is 0. The normalized spacial score (nSPS) is 30.7. The van der Waals surface area contributed by atoms with Gasteiger partial charge in [-0.25, -0.2) is 13.6 Å². The number of hydrogen-bond acceptors (Lipinski definition) is 2. The van der Waals surface area contributed by atoms with Crippen molar-refractivity contribution in [3.8, 4) is 0 Å². The lowest BCUT2D eigenvalue weighted by Gasteiger charge is -2.39. The molecule has 0 radical (unpaired) electrons. The monoisotopic (exact) mass is 418 g/mol. The van der Waals surface area contributed by atoms with Crippen molar-refractivity contribution in [2.75, 3.05) is 0 Å². The Morgan fingerprint density at radius 1 is 1.00 bits per heavy atom. The van der Waals surface area contributed by atoms with Crippen LogP contribution >= 0.6 is 0 Å². The molecule has 0 aliphatic heterocycles. The van der Waals surface area contributed by atoms with E-state index >= 15 is 0 Å². The van der Waals surface area contributed by atoms with Gasteiger partial charge in [-0.1, -0.05) is 18.2 Å². The van der Waals surface area contributed by atoms with E-state index in [0.717, 1.165) is 6.42 Å². The number of rotatable bonds is 6. The zero-order valence-electron chi connectivity index (χ0n) is 14.5. The first-order valence-electron chi connectivity index (χ1n) is 8.90. The van der Waals surface area contributed by atoms with Gasteiger partial charge in [-0.15, -0.1) is 0 Å². The third kappa shape index (κ3) is 3.32. The van der Waals surface area contributed by atoms with Crippen LogP contribution in [0.1, 0.15) is 32.1 Å². The summed E-state index contributed by atoms with van der Waals surface area (Å²) in [5, 5.41) is 0. The van der Waals surface area contributed by atoms with E-state index in [9.17, 15) is 39.9 Å². The number of carbonyl (C=O) groups excluding carboxylic acids is 1. The zero-order chi connectivity index (χ0) is 20.9. The molecule has 1 fully saturated rings. The number of alkyl halides is 8. The molecule has 3 aliphatic carbocycles. The van der Waals surface area contributed by atoms with Crippen molar-refractivity contribution in [3.63, 3.8) is 0 Å². The lowest BCUT2D eigenvalue weighted by molar-refractivity contribution is -0.352. The Kier molecular flexibility index (Phi) is 5.29. The molecule has 3 aliphatic rings. The van der Waals surface area contributed by atoms with Gasteiger partial charge in [-0.05, 0) is 38.0 Å². The van der Waals surface area contributed by atoms with Crippen LogP contribution in [0, 0.1) is 17.8 Å². The molecule has 2 atom stereocenters. The van der Waals surface area contributed by atoms with E-state index in [0.29, 0.717) is 5.57 Å². The molecule has 28 heavy (non-hydrogen) atoms. The highest BCUT2D eigenvalue weighted by atomic mass is 19.4. The second-order valence-corrected chi connectivity index (χ2v) is 7.51. The van der Waals surface area contributed by atoms with Gasteiger partial charge in [-0.2, -0.15) is 26.3 Å². The Morgan fingerprint density at radius 3 is 2.07 bits per heavy atom. The van der Waals surface area contributed by atoms with Crippen LogP contribution in [0.3, 0.4) is 0 Å². The second kappa shape index (κ2) is 7.02. The van der Waals surface area contributed by atoms with Crippen LogP contribution in [0.15, 0.2) is 23.8 Å². The molecule has 0 saturated heterocycles. The summed E-state index contributed by atoms with van der Waals surface area (Å²) in [6.45, 7) is 0. The van der Waals surface area contributed by atoms with Crippen molar-refractivity contribution < 1.29 is 44.7 Å². The average Bonchev–Trinajstić information content (AvgIpc) is 3.25. The fraction of sp³-hybridized carbons (Fsp3) is 0.722. The number of esters is 1. The first-order valence-corrected chi connectivity index (χ1v) is 8.90. The number of carbonyl (C=O) groups is 1. The minimum atomic E-state index is -6.19. The van der Waals surface area contributed by atoms with E-state index in [-0.39, 0.29) is 24.7 Å². The first kappa shape index (κ1) is 21.1. The van der Waals surface area contributed by atoms with E-state index in [1.54, 1.807) is 6.08 Å². The van der Waals surface area contributed by atoms with Gasteiger partial charge >= 0.3 is 30.2 Å². The standard InChI is InChI=1S/C18H18F8O2/c19-15(20)17(23,24)18(25,26)16(21,22)11-3-5-12(6-4-11)28-14(27)13-8-9-1-2-10(13)7-9/h1-2,8-12,15H,3-7H2. The number of allylic oxidation sites excluding steroid dienone is 3. The van der Waals surface area contributed by atoms with E-state index in [4.69, 9.17) is 4.74 Å². The summed E-state index contributed by atoms with van der Waals surface area (Å²) in [6, 6.07) is 0. The fourth-order valence-electron chi connectivity index (χ4n) is 4.03. The molecule has 10 heteroatoms. The first-order chi connectivity index (χ1) is 12.9. The van der Waals surface area contributed by atoms with Gasteiger partial charge in [0.2, 0.25) is 0 Å². The molecule has 0 spiro atoms. The van der Waals surface area contributed by atoms with E-state index in [1.165, 1.54) is 0 Å². The topological polar surface area (TPSA) is 26.3 Å². The fourth-order valence-corrected chi connectivity index (χ4v) is 4.03. The predicted molar refractivity (Wildman–Crippen MR) is 81.5 cm³/mol. The number of halogens is 8. The molecule has 2 bridgehead atoms. The van der Waals surface area contributed by atoms with Gasteiger partial charge in [0.1, 0.15) is 6.10 Å². The third-order valence-electron chi connectivity index (χ3n) is 5.72. The van der Waals surface area contributed by atoms with Crippen molar-refractivity contribution in [2.24, 2.45) is 17.8 Å². The van der Waals surface area contributed by atoms with Crippen LogP contribution in [0.25, 0.3) is 0 Å². The summed E-state index contributed by atoms with van der Waals surface area (Å²) in [7, 11) is 0. The SMILES string of the molecule is O=C(OC1CCC(C(F)(F)C(F)(F)C(F)(F)C(F)F)CC1)C1=CC2C=CC1C2. The van der Waals surface area contributed by atoms with E-state index < -0.39 is 55.0 Å². The summed E-state index contributed by atoms with van der Waals surface area (Å²) in [4.78, 5) is 12.2. The summed E-state index contributed by atoms with van der Waals surface area (Å²) in [5.74, 6) is -20.4. The Morgan fingerprint density at radius 2 is 1.61 bits per heavy atom. The lowest BCUT2D eigenvalue weighted by Crippen LogP contribution is -2.60. The van der Waals surface area contributed by atoms with Crippen molar-refractivity contribution in [1.82, 2.24) is 0 Å². The van der Waals surface area contributed by atoms with Crippen molar-refractivity contribution >= 4 is 5.97 Å². The van der Waals surface area contributed by atoms with Crippen LogP contribution in [0.2, 0.25) is 0 Å². The zero-order valence-corrected chi connectivity index (χ0v) is 14.5. The summed E-state index contributed by atoms with van der Waals surface area (Å²) < 4.78 is 111. The molecule has 1 saturated carbocycles. The molecule has 0 N–H and O–H groups in total. The largest absolute Gasteiger partial charge is 0.459 e. The van der Waals surface area contributed by atoms with Crippen molar-refractivity contribution in [3.05, 3.63) is 23.8 Å². The minimum Gasteiger partial charge on any atom is -0.459 e. The van der Waals surface area contributed by atoms with Gasteiger partial charge < -0.3 is 4.74 Å². The summed E-state index contributed by atoms with van der Waals surface area (Å²) in [6.07, 6.45) is -1.18. The van der Waals surface area contributed by atoms with Crippen molar-refractivity contribution in [2.45, 2.75) is 62.4 Å². The Bertz CT molecular complexity index is 677. The van der Waals surface area contributed by atoms with Crippen LogP contribution in [-0.2, 0) is 9.53 Å². The van der Waals surface area contributed by atoms with Gasteiger partial charge in [0.05, 0.1) is 0 Å².